The van der Waals surface area contributed by atoms with Gasteiger partial charge in [-0.1, -0.05) is 0 Å². The topological polar surface area (TPSA) is 42.2 Å². The summed E-state index contributed by atoms with van der Waals surface area (Å²) in [4.78, 5) is 11.4. The maximum Gasteiger partial charge on any atom is 0.287 e. The van der Waals surface area contributed by atoms with Gasteiger partial charge in [-0.3, -0.25) is 4.79 Å². The summed E-state index contributed by atoms with van der Waals surface area (Å²) in [5, 5.41) is 2.27. The Balaban J connectivity index is 2.09. The molecule has 0 aliphatic rings. The van der Waals surface area contributed by atoms with Crippen molar-refractivity contribution in [2.24, 2.45) is 0 Å². The highest BCUT2D eigenvalue weighted by Gasteiger charge is 2.14. The van der Waals surface area contributed by atoms with E-state index in [1.165, 1.54) is 18.4 Å². The molecule has 0 unspecified atom stereocenters. The average molecular weight is 255 g/mol. The van der Waals surface area contributed by atoms with Crippen LogP contribution in [0.3, 0.4) is 0 Å². The zero-order valence-electron chi connectivity index (χ0n) is 9.04. The minimum absolute atomic E-state index is 0.0259. The molecule has 0 aliphatic heterocycles. The van der Waals surface area contributed by atoms with Crippen LogP contribution in [0.5, 0.6) is 0 Å². The number of amides is 1. The van der Waals surface area contributed by atoms with Gasteiger partial charge in [-0.15, -0.1) is 0 Å². The van der Waals surface area contributed by atoms with Crippen LogP contribution in [-0.4, -0.2) is 5.91 Å². The van der Waals surface area contributed by atoms with E-state index in [4.69, 9.17) is 4.42 Å². The van der Waals surface area contributed by atoms with E-state index in [1.54, 1.807) is 0 Å². The fourth-order valence-corrected chi connectivity index (χ4v) is 1.40. The van der Waals surface area contributed by atoms with Crippen LogP contribution < -0.4 is 5.32 Å². The minimum Gasteiger partial charge on any atom is -0.459 e. The monoisotopic (exact) mass is 255 g/mol. The first kappa shape index (κ1) is 12.2. The lowest BCUT2D eigenvalue weighted by Crippen LogP contribution is -2.23. The lowest BCUT2D eigenvalue weighted by molar-refractivity contribution is 0.0922. The van der Waals surface area contributed by atoms with Crippen LogP contribution in [-0.2, 0) is 6.54 Å². The van der Waals surface area contributed by atoms with E-state index >= 15 is 0 Å². The second-order valence-electron chi connectivity index (χ2n) is 3.51. The third-order valence-corrected chi connectivity index (χ3v) is 2.28. The molecule has 1 heterocycles. The number of carbonyl (C=O) groups is 1. The SMILES string of the molecule is O=C(NCc1c(F)cc(F)cc1F)c1ccco1. The second-order valence-corrected chi connectivity index (χ2v) is 3.51. The quantitative estimate of drug-likeness (QED) is 0.916. The largest absolute Gasteiger partial charge is 0.459 e. The van der Waals surface area contributed by atoms with Crippen LogP contribution in [0.2, 0.25) is 0 Å². The van der Waals surface area contributed by atoms with Crippen molar-refractivity contribution in [1.82, 2.24) is 5.32 Å². The number of hydrogen-bond acceptors (Lipinski definition) is 2. The molecular formula is C12H8F3NO2. The standard InChI is InChI=1S/C12H8F3NO2/c13-7-4-9(14)8(10(15)5-7)6-16-12(17)11-2-1-3-18-11/h1-5H,6H2,(H,16,17). The lowest BCUT2D eigenvalue weighted by Gasteiger charge is -2.06. The molecule has 0 saturated carbocycles. The summed E-state index contributed by atoms with van der Waals surface area (Å²) in [6, 6.07) is 4.02. The Kier molecular flexibility index (Phi) is 3.36. The zero-order chi connectivity index (χ0) is 13.1. The van der Waals surface area contributed by atoms with Crippen LogP contribution in [0.4, 0.5) is 13.2 Å². The predicted molar refractivity (Wildman–Crippen MR) is 56.2 cm³/mol. The number of nitrogens with one attached hydrogen (secondary N) is 1. The number of halogens is 3. The highest BCUT2D eigenvalue weighted by atomic mass is 19.1. The summed E-state index contributed by atoms with van der Waals surface area (Å²) in [5.41, 5.74) is -0.406. The molecular weight excluding hydrogens is 247 g/mol. The molecule has 1 aromatic heterocycles. The number of benzene rings is 1. The van der Waals surface area contributed by atoms with E-state index in [2.05, 4.69) is 5.32 Å². The van der Waals surface area contributed by atoms with Crippen LogP contribution in [0.15, 0.2) is 34.9 Å². The lowest BCUT2D eigenvalue weighted by atomic mass is 10.2. The van der Waals surface area contributed by atoms with E-state index < -0.39 is 35.5 Å². The van der Waals surface area contributed by atoms with Crippen molar-refractivity contribution in [3.63, 3.8) is 0 Å². The maximum atomic E-state index is 13.2. The molecule has 1 amide bonds. The Hall–Kier alpha value is -2.24. The first-order chi connectivity index (χ1) is 8.58. The molecule has 0 bridgehead atoms. The molecule has 0 fully saturated rings. The van der Waals surface area contributed by atoms with Crippen molar-refractivity contribution in [3.05, 3.63) is 59.3 Å². The van der Waals surface area contributed by atoms with Gasteiger partial charge >= 0.3 is 0 Å². The number of furan rings is 1. The van der Waals surface area contributed by atoms with Crippen LogP contribution in [0, 0.1) is 17.5 Å². The molecule has 1 aromatic carbocycles. The number of carbonyl (C=O) groups excluding carboxylic acids is 1. The molecule has 0 saturated heterocycles. The molecule has 6 heteroatoms. The Morgan fingerprint density at radius 3 is 2.44 bits per heavy atom. The van der Waals surface area contributed by atoms with Gasteiger partial charge in [0.25, 0.3) is 5.91 Å². The first-order valence-electron chi connectivity index (χ1n) is 5.03. The van der Waals surface area contributed by atoms with Gasteiger partial charge in [0.1, 0.15) is 17.5 Å². The fraction of sp³-hybridized carbons (Fsp3) is 0.0833. The smallest absolute Gasteiger partial charge is 0.287 e. The zero-order valence-corrected chi connectivity index (χ0v) is 9.04. The normalized spacial score (nSPS) is 10.4. The van der Waals surface area contributed by atoms with E-state index in [0.29, 0.717) is 12.1 Å². The predicted octanol–water partition coefficient (Wildman–Crippen LogP) is 2.63. The minimum atomic E-state index is -1.05. The summed E-state index contributed by atoms with van der Waals surface area (Å²) in [5.74, 6) is -3.69. The van der Waals surface area contributed by atoms with Gasteiger partial charge < -0.3 is 9.73 Å². The Morgan fingerprint density at radius 2 is 1.89 bits per heavy atom. The van der Waals surface area contributed by atoms with Gasteiger partial charge in [0.05, 0.1) is 6.26 Å². The molecule has 94 valence electrons. The molecule has 3 nitrogen and oxygen atoms in total. The summed E-state index contributed by atoms with van der Waals surface area (Å²) in [7, 11) is 0. The van der Waals surface area contributed by atoms with Crippen molar-refractivity contribution in [2.45, 2.75) is 6.54 Å². The second kappa shape index (κ2) is 4.95. The molecule has 18 heavy (non-hydrogen) atoms. The maximum absolute atomic E-state index is 13.2. The molecule has 0 radical (unpaired) electrons. The third-order valence-electron chi connectivity index (χ3n) is 2.28. The number of hydrogen-bond donors (Lipinski definition) is 1. The van der Waals surface area contributed by atoms with Gasteiger partial charge in [-0.25, -0.2) is 13.2 Å². The van der Waals surface area contributed by atoms with Crippen molar-refractivity contribution in [1.29, 1.82) is 0 Å². The Bertz CT molecular complexity index is 544. The molecule has 0 atom stereocenters. The first-order valence-corrected chi connectivity index (χ1v) is 5.03. The summed E-state index contributed by atoms with van der Waals surface area (Å²) < 4.78 is 44.0. The highest BCUT2D eigenvalue weighted by Crippen LogP contribution is 2.14. The molecule has 2 rings (SSSR count). The highest BCUT2D eigenvalue weighted by molar-refractivity contribution is 5.91. The van der Waals surface area contributed by atoms with E-state index in [-0.39, 0.29) is 5.76 Å². The van der Waals surface area contributed by atoms with Crippen molar-refractivity contribution in [3.8, 4) is 0 Å². The number of rotatable bonds is 3. The van der Waals surface area contributed by atoms with Gasteiger partial charge in [-0.05, 0) is 12.1 Å². The Morgan fingerprint density at radius 1 is 1.22 bits per heavy atom. The van der Waals surface area contributed by atoms with Gasteiger partial charge in [0.15, 0.2) is 5.76 Å². The Labute approximate surface area is 100 Å². The van der Waals surface area contributed by atoms with E-state index in [0.717, 1.165) is 0 Å². The summed E-state index contributed by atoms with van der Waals surface area (Å²) >= 11 is 0. The van der Waals surface area contributed by atoms with E-state index in [9.17, 15) is 18.0 Å². The van der Waals surface area contributed by atoms with Crippen LogP contribution >= 0.6 is 0 Å². The van der Waals surface area contributed by atoms with Crippen molar-refractivity contribution < 1.29 is 22.4 Å². The van der Waals surface area contributed by atoms with Crippen LogP contribution in [0.25, 0.3) is 0 Å². The van der Waals surface area contributed by atoms with Gasteiger partial charge in [0, 0.05) is 24.2 Å². The molecule has 0 spiro atoms. The summed E-state index contributed by atoms with van der Waals surface area (Å²) in [6.45, 7) is -0.391. The summed E-state index contributed by atoms with van der Waals surface area (Å²) in [6.07, 6.45) is 1.30. The van der Waals surface area contributed by atoms with Crippen molar-refractivity contribution >= 4 is 5.91 Å². The fourth-order valence-electron chi connectivity index (χ4n) is 1.40. The third kappa shape index (κ3) is 2.53. The van der Waals surface area contributed by atoms with Gasteiger partial charge in [0.2, 0.25) is 0 Å². The van der Waals surface area contributed by atoms with Crippen LogP contribution in [0.1, 0.15) is 16.1 Å². The molecule has 0 aliphatic carbocycles. The molecule has 1 N–H and O–H groups in total. The van der Waals surface area contributed by atoms with Gasteiger partial charge in [-0.2, -0.15) is 0 Å². The molecule has 2 aromatic rings. The average Bonchev–Trinajstić information content (AvgIpc) is 2.80. The van der Waals surface area contributed by atoms with Crippen molar-refractivity contribution in [2.75, 3.05) is 0 Å². The van der Waals surface area contributed by atoms with E-state index in [1.807, 2.05) is 0 Å².